The second-order valence-electron chi connectivity index (χ2n) is 3.84. The fourth-order valence-corrected chi connectivity index (χ4v) is 2.73. The summed E-state index contributed by atoms with van der Waals surface area (Å²) >= 11 is 3.54. The van der Waals surface area contributed by atoms with Crippen molar-refractivity contribution < 1.29 is 9.53 Å². The zero-order valence-electron chi connectivity index (χ0n) is 8.63. The van der Waals surface area contributed by atoms with Crippen molar-refractivity contribution in [1.29, 1.82) is 0 Å². The monoisotopic (exact) mass is 268 g/mol. The Kier molecular flexibility index (Phi) is 3.10. The molecule has 0 heterocycles. The summed E-state index contributed by atoms with van der Waals surface area (Å²) in [5.74, 6) is -0.0441. The normalized spacial score (nSPS) is 19.5. The van der Waals surface area contributed by atoms with Gasteiger partial charge in [0.25, 0.3) is 0 Å². The van der Waals surface area contributed by atoms with Gasteiger partial charge < -0.3 is 4.74 Å². The van der Waals surface area contributed by atoms with Crippen LogP contribution >= 0.6 is 15.9 Å². The summed E-state index contributed by atoms with van der Waals surface area (Å²) in [6.07, 6.45) is 2.65. The molecule has 1 atom stereocenters. The van der Waals surface area contributed by atoms with Gasteiger partial charge in [-0.2, -0.15) is 0 Å². The lowest BCUT2D eigenvalue weighted by molar-refractivity contribution is -0.145. The maximum Gasteiger partial charge on any atom is 0.309 e. The van der Waals surface area contributed by atoms with Crippen molar-refractivity contribution in [3.05, 3.63) is 33.8 Å². The van der Waals surface area contributed by atoms with Gasteiger partial charge in [-0.1, -0.05) is 28.1 Å². The predicted octanol–water partition coefficient (Wildman–Crippen LogP) is 2.73. The summed E-state index contributed by atoms with van der Waals surface area (Å²) < 4.78 is 5.94. The highest BCUT2D eigenvalue weighted by molar-refractivity contribution is 9.10. The highest BCUT2D eigenvalue weighted by Gasteiger charge is 2.25. The van der Waals surface area contributed by atoms with Gasteiger partial charge in [0.2, 0.25) is 0 Å². The quantitative estimate of drug-likeness (QED) is 0.733. The van der Waals surface area contributed by atoms with Crippen LogP contribution in [-0.2, 0) is 22.4 Å². The Morgan fingerprint density at radius 2 is 2.33 bits per heavy atom. The third-order valence-electron chi connectivity index (χ3n) is 2.96. The molecule has 2 nitrogen and oxygen atoms in total. The molecule has 0 aromatic heterocycles. The van der Waals surface area contributed by atoms with Crippen molar-refractivity contribution in [3.63, 3.8) is 0 Å². The van der Waals surface area contributed by atoms with E-state index >= 15 is 0 Å². The van der Waals surface area contributed by atoms with Crippen LogP contribution < -0.4 is 0 Å². The van der Waals surface area contributed by atoms with Gasteiger partial charge >= 0.3 is 5.97 Å². The molecule has 0 N–H and O–H groups in total. The van der Waals surface area contributed by atoms with Crippen LogP contribution in [0.3, 0.4) is 0 Å². The highest BCUT2D eigenvalue weighted by Crippen LogP contribution is 2.31. The van der Waals surface area contributed by atoms with Crippen LogP contribution in [0.25, 0.3) is 0 Å². The van der Waals surface area contributed by atoms with E-state index in [0.29, 0.717) is 0 Å². The molecular formula is C12H13BrO2. The summed E-state index contributed by atoms with van der Waals surface area (Å²) in [5, 5.41) is 0. The zero-order valence-corrected chi connectivity index (χ0v) is 10.2. The predicted molar refractivity (Wildman–Crippen MR) is 61.7 cm³/mol. The standard InChI is InChI=1S/C12H13BrO2/c1-15-12(14)9-5-6-10-8(7-9)3-2-4-11(10)13/h2-4,9H,5-7H2,1H3/t9-/m0/s1. The number of fused-ring (bicyclic) bond motifs is 1. The largest absolute Gasteiger partial charge is 0.469 e. The zero-order chi connectivity index (χ0) is 10.8. The first kappa shape index (κ1) is 10.7. The smallest absolute Gasteiger partial charge is 0.309 e. The molecule has 0 amide bonds. The number of rotatable bonds is 1. The van der Waals surface area contributed by atoms with Crippen molar-refractivity contribution in [2.45, 2.75) is 19.3 Å². The average Bonchev–Trinajstić information content (AvgIpc) is 2.28. The average molecular weight is 269 g/mol. The molecule has 1 aromatic carbocycles. The van der Waals surface area contributed by atoms with Crippen molar-refractivity contribution in [2.24, 2.45) is 5.92 Å². The molecule has 0 fully saturated rings. The van der Waals surface area contributed by atoms with Crippen LogP contribution in [0.15, 0.2) is 22.7 Å². The molecule has 0 radical (unpaired) electrons. The number of halogens is 1. The van der Waals surface area contributed by atoms with Gasteiger partial charge in [-0.25, -0.2) is 0 Å². The van der Waals surface area contributed by atoms with Gasteiger partial charge in [0.1, 0.15) is 0 Å². The van der Waals surface area contributed by atoms with Gasteiger partial charge in [0, 0.05) is 4.47 Å². The third-order valence-corrected chi connectivity index (χ3v) is 3.70. The lowest BCUT2D eigenvalue weighted by atomic mass is 9.84. The Labute approximate surface area is 97.8 Å². The van der Waals surface area contributed by atoms with Crippen LogP contribution in [-0.4, -0.2) is 13.1 Å². The van der Waals surface area contributed by atoms with Gasteiger partial charge in [0.15, 0.2) is 0 Å². The molecular weight excluding hydrogens is 256 g/mol. The molecule has 1 aliphatic rings. The van der Waals surface area contributed by atoms with E-state index in [-0.39, 0.29) is 11.9 Å². The van der Waals surface area contributed by atoms with E-state index in [1.54, 1.807) is 0 Å². The summed E-state index contributed by atoms with van der Waals surface area (Å²) in [7, 11) is 1.46. The second kappa shape index (κ2) is 4.35. The number of methoxy groups -OCH3 is 1. The highest BCUT2D eigenvalue weighted by atomic mass is 79.9. The van der Waals surface area contributed by atoms with E-state index in [0.717, 1.165) is 23.7 Å². The molecule has 1 aromatic rings. The van der Waals surface area contributed by atoms with E-state index in [1.165, 1.54) is 18.2 Å². The van der Waals surface area contributed by atoms with E-state index in [9.17, 15) is 4.79 Å². The fraction of sp³-hybridized carbons (Fsp3) is 0.417. The number of carbonyl (C=O) groups is 1. The number of hydrogen-bond acceptors (Lipinski definition) is 2. The SMILES string of the molecule is COC(=O)[C@H]1CCc2c(Br)cccc2C1. The summed E-state index contributed by atoms with van der Waals surface area (Å²) in [6.45, 7) is 0. The Morgan fingerprint density at radius 3 is 3.07 bits per heavy atom. The van der Waals surface area contributed by atoms with Crippen molar-refractivity contribution in [2.75, 3.05) is 7.11 Å². The van der Waals surface area contributed by atoms with Gasteiger partial charge in [-0.05, 0) is 36.5 Å². The lowest BCUT2D eigenvalue weighted by Crippen LogP contribution is -2.23. The van der Waals surface area contributed by atoms with Crippen LogP contribution in [0.2, 0.25) is 0 Å². The fourth-order valence-electron chi connectivity index (χ4n) is 2.13. The molecule has 0 unspecified atom stereocenters. The first-order valence-electron chi connectivity index (χ1n) is 5.06. The van der Waals surface area contributed by atoms with Crippen LogP contribution in [0.5, 0.6) is 0 Å². The van der Waals surface area contributed by atoms with Crippen LogP contribution in [0, 0.1) is 5.92 Å². The molecule has 0 bridgehead atoms. The Bertz CT molecular complexity index is 387. The number of hydrogen-bond donors (Lipinski definition) is 0. The lowest BCUT2D eigenvalue weighted by Gasteiger charge is -2.23. The topological polar surface area (TPSA) is 26.3 Å². The molecule has 0 spiro atoms. The number of carbonyl (C=O) groups excluding carboxylic acids is 1. The van der Waals surface area contributed by atoms with E-state index in [2.05, 4.69) is 28.1 Å². The summed E-state index contributed by atoms with van der Waals surface area (Å²) in [4.78, 5) is 11.4. The molecule has 1 aliphatic carbocycles. The van der Waals surface area contributed by atoms with E-state index < -0.39 is 0 Å². The molecule has 3 heteroatoms. The Balaban J connectivity index is 2.24. The molecule has 0 saturated heterocycles. The van der Waals surface area contributed by atoms with Crippen LogP contribution in [0.4, 0.5) is 0 Å². The minimum absolute atomic E-state index is 0.0387. The Hall–Kier alpha value is -0.830. The van der Waals surface area contributed by atoms with Gasteiger partial charge in [0.05, 0.1) is 13.0 Å². The number of benzene rings is 1. The van der Waals surface area contributed by atoms with Crippen molar-refractivity contribution in [1.82, 2.24) is 0 Å². The minimum atomic E-state index is -0.0828. The Morgan fingerprint density at radius 1 is 1.53 bits per heavy atom. The molecule has 80 valence electrons. The summed E-state index contributed by atoms with van der Waals surface area (Å²) in [6, 6.07) is 6.16. The van der Waals surface area contributed by atoms with Gasteiger partial charge in [-0.3, -0.25) is 4.79 Å². The van der Waals surface area contributed by atoms with Crippen molar-refractivity contribution >= 4 is 21.9 Å². The van der Waals surface area contributed by atoms with Crippen LogP contribution in [0.1, 0.15) is 17.5 Å². The molecule has 2 rings (SSSR count). The van der Waals surface area contributed by atoms with E-state index in [1.807, 2.05) is 6.07 Å². The molecule has 15 heavy (non-hydrogen) atoms. The van der Waals surface area contributed by atoms with E-state index in [4.69, 9.17) is 4.74 Å². The minimum Gasteiger partial charge on any atom is -0.469 e. The first-order valence-corrected chi connectivity index (χ1v) is 5.85. The molecule has 0 aliphatic heterocycles. The number of esters is 1. The number of ether oxygens (including phenoxy) is 1. The van der Waals surface area contributed by atoms with Gasteiger partial charge in [-0.15, -0.1) is 0 Å². The third kappa shape index (κ3) is 2.07. The second-order valence-corrected chi connectivity index (χ2v) is 4.69. The maximum absolute atomic E-state index is 11.4. The van der Waals surface area contributed by atoms with Crippen molar-refractivity contribution in [3.8, 4) is 0 Å². The summed E-state index contributed by atoms with van der Waals surface area (Å²) in [5.41, 5.74) is 2.61. The first-order chi connectivity index (χ1) is 7.22. The maximum atomic E-state index is 11.4. The molecule has 0 saturated carbocycles.